The molecule has 24 heavy (non-hydrogen) atoms. The second kappa shape index (κ2) is 20.7. The van der Waals surface area contributed by atoms with Crippen LogP contribution in [0.1, 0.15) is 111 Å². The van der Waals surface area contributed by atoms with Crippen molar-refractivity contribution in [2.75, 3.05) is 19.6 Å². The molecule has 1 N–H and O–H groups in total. The highest BCUT2D eigenvalue weighted by atomic mass is 15.5. The number of nitrogens with zero attached hydrogens (tertiary/aromatic N) is 1. The molecule has 2 heteroatoms. The summed E-state index contributed by atoms with van der Waals surface area (Å²) in [6, 6.07) is 0. The Hall–Kier alpha value is -0.340. The first-order valence-electron chi connectivity index (χ1n) is 11.0. The van der Waals surface area contributed by atoms with Gasteiger partial charge in [-0.3, -0.25) is 5.43 Å². The third kappa shape index (κ3) is 18.0. The quantitative estimate of drug-likeness (QED) is 0.157. The summed E-state index contributed by atoms with van der Waals surface area (Å²) in [6.07, 6.45) is 24.2. The first-order chi connectivity index (χ1) is 11.8. The molecule has 0 heterocycles. The fourth-order valence-corrected chi connectivity index (χ4v) is 3.06. The van der Waals surface area contributed by atoms with Gasteiger partial charge in [0.05, 0.1) is 0 Å². The van der Waals surface area contributed by atoms with Crippen molar-refractivity contribution in [1.29, 1.82) is 0 Å². The SMILES string of the molecule is CCCCCCCC/C=C\CCCCCCCCNN(CC)CC. The third-order valence-electron chi connectivity index (χ3n) is 4.79. The number of nitrogens with one attached hydrogen (secondary N) is 1. The summed E-state index contributed by atoms with van der Waals surface area (Å²) in [6.45, 7) is 10.0. The summed E-state index contributed by atoms with van der Waals surface area (Å²) in [4.78, 5) is 0. The van der Waals surface area contributed by atoms with E-state index in [1.807, 2.05) is 0 Å². The predicted molar refractivity (Wildman–Crippen MR) is 110 cm³/mol. The number of hydrazine groups is 1. The molecule has 0 aliphatic carbocycles. The minimum atomic E-state index is 1.10. The molecular formula is C22H46N2. The molecule has 0 fully saturated rings. The van der Waals surface area contributed by atoms with Gasteiger partial charge in [-0.1, -0.05) is 90.7 Å². The van der Waals surface area contributed by atoms with Gasteiger partial charge in [0.1, 0.15) is 0 Å². The van der Waals surface area contributed by atoms with Crippen molar-refractivity contribution >= 4 is 0 Å². The van der Waals surface area contributed by atoms with Crippen LogP contribution in [0.5, 0.6) is 0 Å². The largest absolute Gasteiger partial charge is 0.255 e. The Bertz CT molecular complexity index is 246. The highest BCUT2D eigenvalue weighted by molar-refractivity contribution is 4.81. The third-order valence-corrected chi connectivity index (χ3v) is 4.79. The fraction of sp³-hybridized carbons (Fsp3) is 0.909. The van der Waals surface area contributed by atoms with Crippen LogP contribution in [-0.4, -0.2) is 24.6 Å². The highest BCUT2D eigenvalue weighted by Crippen LogP contribution is 2.09. The zero-order valence-corrected chi connectivity index (χ0v) is 17.1. The van der Waals surface area contributed by atoms with Crippen molar-refractivity contribution in [2.24, 2.45) is 0 Å². The fourth-order valence-electron chi connectivity index (χ4n) is 3.06. The van der Waals surface area contributed by atoms with Gasteiger partial charge in [0.15, 0.2) is 0 Å². The van der Waals surface area contributed by atoms with Crippen LogP contribution in [0.25, 0.3) is 0 Å². The lowest BCUT2D eigenvalue weighted by Gasteiger charge is -2.19. The molecule has 0 aromatic heterocycles. The number of hydrogen-bond donors (Lipinski definition) is 1. The molecule has 0 aromatic rings. The van der Waals surface area contributed by atoms with Gasteiger partial charge < -0.3 is 0 Å². The molecule has 0 rings (SSSR count). The van der Waals surface area contributed by atoms with E-state index in [0.717, 1.165) is 19.6 Å². The second-order valence-electron chi connectivity index (χ2n) is 7.02. The van der Waals surface area contributed by atoms with E-state index in [0.29, 0.717) is 0 Å². The number of allylic oxidation sites excluding steroid dienone is 2. The summed E-state index contributed by atoms with van der Waals surface area (Å²) in [7, 11) is 0. The smallest absolute Gasteiger partial charge is 0.0102 e. The average Bonchev–Trinajstić information content (AvgIpc) is 2.61. The predicted octanol–water partition coefficient (Wildman–Crippen LogP) is 6.87. The van der Waals surface area contributed by atoms with Gasteiger partial charge >= 0.3 is 0 Å². The molecule has 0 saturated carbocycles. The van der Waals surface area contributed by atoms with E-state index in [1.165, 1.54) is 89.9 Å². The van der Waals surface area contributed by atoms with Gasteiger partial charge in [0.25, 0.3) is 0 Å². The molecule has 0 saturated heterocycles. The number of unbranched alkanes of at least 4 members (excludes halogenated alkanes) is 12. The summed E-state index contributed by atoms with van der Waals surface area (Å²) < 4.78 is 0. The maximum atomic E-state index is 3.49. The lowest BCUT2D eigenvalue weighted by Crippen LogP contribution is -2.38. The van der Waals surface area contributed by atoms with Crippen molar-refractivity contribution in [1.82, 2.24) is 10.4 Å². The molecule has 0 radical (unpaired) electrons. The van der Waals surface area contributed by atoms with E-state index in [2.05, 4.69) is 43.4 Å². The maximum Gasteiger partial charge on any atom is 0.0102 e. The van der Waals surface area contributed by atoms with Crippen molar-refractivity contribution in [3.8, 4) is 0 Å². The minimum absolute atomic E-state index is 1.10. The van der Waals surface area contributed by atoms with E-state index in [-0.39, 0.29) is 0 Å². The van der Waals surface area contributed by atoms with Crippen molar-refractivity contribution in [3.63, 3.8) is 0 Å². The first-order valence-corrected chi connectivity index (χ1v) is 11.0. The van der Waals surface area contributed by atoms with E-state index >= 15 is 0 Å². The molecule has 0 aliphatic rings. The van der Waals surface area contributed by atoms with E-state index < -0.39 is 0 Å². The molecule has 0 bridgehead atoms. The molecule has 144 valence electrons. The number of hydrogen-bond acceptors (Lipinski definition) is 2. The van der Waals surface area contributed by atoms with Crippen LogP contribution < -0.4 is 5.43 Å². The van der Waals surface area contributed by atoms with E-state index in [4.69, 9.17) is 0 Å². The highest BCUT2D eigenvalue weighted by Gasteiger charge is 1.96. The molecule has 0 amide bonds. The number of rotatable bonds is 19. The maximum absolute atomic E-state index is 3.49. The van der Waals surface area contributed by atoms with Crippen LogP contribution in [0.2, 0.25) is 0 Å². The summed E-state index contributed by atoms with van der Waals surface area (Å²) in [5, 5.41) is 2.29. The normalized spacial score (nSPS) is 11.8. The van der Waals surface area contributed by atoms with E-state index in [9.17, 15) is 0 Å². The lowest BCUT2D eigenvalue weighted by atomic mass is 10.1. The van der Waals surface area contributed by atoms with Crippen LogP contribution in [0, 0.1) is 0 Å². The van der Waals surface area contributed by atoms with Gasteiger partial charge in [-0.15, -0.1) is 0 Å². The Kier molecular flexibility index (Phi) is 20.4. The zero-order valence-electron chi connectivity index (χ0n) is 17.1. The molecular weight excluding hydrogens is 292 g/mol. The average molecular weight is 339 g/mol. The lowest BCUT2D eigenvalue weighted by molar-refractivity contribution is 0.207. The van der Waals surface area contributed by atoms with Crippen molar-refractivity contribution in [3.05, 3.63) is 12.2 Å². The van der Waals surface area contributed by atoms with Crippen LogP contribution in [-0.2, 0) is 0 Å². The van der Waals surface area contributed by atoms with Gasteiger partial charge in [-0.25, -0.2) is 5.01 Å². The van der Waals surface area contributed by atoms with Crippen molar-refractivity contribution in [2.45, 2.75) is 111 Å². The van der Waals surface area contributed by atoms with E-state index in [1.54, 1.807) is 0 Å². The van der Waals surface area contributed by atoms with Crippen LogP contribution in [0.4, 0.5) is 0 Å². The van der Waals surface area contributed by atoms with Crippen molar-refractivity contribution < 1.29 is 0 Å². The molecule has 0 unspecified atom stereocenters. The minimum Gasteiger partial charge on any atom is -0.255 e. The summed E-state index contributed by atoms with van der Waals surface area (Å²) >= 11 is 0. The Labute approximate surface area is 153 Å². The Morgan fingerprint density at radius 3 is 1.54 bits per heavy atom. The Balaban J connectivity index is 3.13. The monoisotopic (exact) mass is 338 g/mol. The summed E-state index contributed by atoms with van der Waals surface area (Å²) in [5.41, 5.74) is 3.49. The standard InChI is InChI=1S/C22H46N2/c1-4-7-8-9-10-11-12-13-14-15-16-17-18-19-20-21-22-23-24(5-2)6-3/h13-14,23H,4-12,15-22H2,1-3H3/b14-13-. The van der Waals surface area contributed by atoms with Gasteiger partial charge in [0.2, 0.25) is 0 Å². The Morgan fingerprint density at radius 2 is 1.04 bits per heavy atom. The van der Waals surface area contributed by atoms with Crippen LogP contribution >= 0.6 is 0 Å². The van der Waals surface area contributed by atoms with Gasteiger partial charge in [-0.2, -0.15) is 0 Å². The topological polar surface area (TPSA) is 15.3 Å². The molecule has 0 aliphatic heterocycles. The van der Waals surface area contributed by atoms with Gasteiger partial charge in [0, 0.05) is 19.6 Å². The zero-order chi connectivity index (χ0) is 17.7. The Morgan fingerprint density at radius 1 is 0.583 bits per heavy atom. The summed E-state index contributed by atoms with van der Waals surface area (Å²) in [5.74, 6) is 0. The molecule has 0 aromatic carbocycles. The molecule has 2 nitrogen and oxygen atoms in total. The molecule has 0 atom stereocenters. The van der Waals surface area contributed by atoms with Crippen LogP contribution in [0.15, 0.2) is 12.2 Å². The van der Waals surface area contributed by atoms with Crippen LogP contribution in [0.3, 0.4) is 0 Å². The van der Waals surface area contributed by atoms with Gasteiger partial charge in [-0.05, 0) is 32.1 Å². The second-order valence-corrected chi connectivity index (χ2v) is 7.02. The first kappa shape index (κ1) is 23.7. The molecule has 0 spiro atoms.